The number of nitrogens with one attached hydrogen (secondary N) is 1. The largest absolute Gasteiger partial charge is 0.369 e. The van der Waals surface area contributed by atoms with Gasteiger partial charge in [-0.15, -0.1) is 0 Å². The van der Waals surface area contributed by atoms with E-state index in [0.717, 1.165) is 46.6 Å². The van der Waals surface area contributed by atoms with Gasteiger partial charge in [-0.1, -0.05) is 47.1 Å². The van der Waals surface area contributed by atoms with E-state index in [4.69, 9.17) is 5.10 Å². The van der Waals surface area contributed by atoms with Crippen LogP contribution in [0.4, 0.5) is 5.82 Å². The molecule has 0 amide bonds. The molecule has 1 aromatic heterocycles. The average Bonchev–Trinajstić information content (AvgIpc) is 3.17. The Balaban J connectivity index is 1.84. The predicted molar refractivity (Wildman–Crippen MR) is 98.3 cm³/mol. The number of anilines is 1. The summed E-state index contributed by atoms with van der Waals surface area (Å²) in [5, 5.41) is 8.39. The van der Waals surface area contributed by atoms with Gasteiger partial charge in [0.25, 0.3) is 0 Å². The topological polar surface area (TPSA) is 29.9 Å². The summed E-state index contributed by atoms with van der Waals surface area (Å²) in [5.74, 6) is 1.13. The lowest BCUT2D eigenvalue weighted by Crippen LogP contribution is -2.04. The summed E-state index contributed by atoms with van der Waals surface area (Å²) in [7, 11) is 0. The molecule has 0 spiro atoms. The van der Waals surface area contributed by atoms with Crippen LogP contribution in [0.25, 0.3) is 16.9 Å². The van der Waals surface area contributed by atoms with Gasteiger partial charge in [0.15, 0.2) is 0 Å². The zero-order chi connectivity index (χ0) is 15.8. The fraction of sp³-hybridized carbons (Fsp3) is 0.211. The van der Waals surface area contributed by atoms with Crippen LogP contribution in [-0.4, -0.2) is 16.3 Å². The normalized spacial score (nSPS) is 13.0. The lowest BCUT2D eigenvalue weighted by Gasteiger charge is -2.07. The van der Waals surface area contributed by atoms with Gasteiger partial charge in [-0.05, 0) is 42.7 Å². The van der Waals surface area contributed by atoms with Crippen LogP contribution in [0.2, 0.25) is 0 Å². The standard InChI is InChI=1S/C19H18BrN3/c1-2-13-6-8-16(9-7-13)23-19-17(10-11-21-19)18(22-23)14-4-3-5-15(20)12-14/h3-9,12,21H,2,10-11H2,1H3. The van der Waals surface area contributed by atoms with Crippen LogP contribution in [0.5, 0.6) is 0 Å². The van der Waals surface area contributed by atoms with Crippen LogP contribution in [-0.2, 0) is 12.8 Å². The maximum atomic E-state index is 4.90. The highest BCUT2D eigenvalue weighted by Crippen LogP contribution is 2.35. The number of hydrogen-bond donors (Lipinski definition) is 1. The predicted octanol–water partition coefficient (Wildman–Crippen LogP) is 4.83. The molecule has 4 rings (SSSR count). The molecule has 2 aromatic carbocycles. The van der Waals surface area contributed by atoms with E-state index < -0.39 is 0 Å². The number of benzene rings is 2. The van der Waals surface area contributed by atoms with Crippen LogP contribution < -0.4 is 5.32 Å². The first-order valence-electron chi connectivity index (χ1n) is 7.97. The fourth-order valence-electron chi connectivity index (χ4n) is 3.10. The summed E-state index contributed by atoms with van der Waals surface area (Å²) in [4.78, 5) is 0. The lowest BCUT2D eigenvalue weighted by atomic mass is 10.1. The molecule has 3 aromatic rings. The quantitative estimate of drug-likeness (QED) is 0.718. The Morgan fingerprint density at radius 2 is 2.00 bits per heavy atom. The van der Waals surface area contributed by atoms with E-state index in [1.807, 2.05) is 10.7 Å². The van der Waals surface area contributed by atoms with Crippen molar-refractivity contribution in [1.29, 1.82) is 0 Å². The number of fused-ring (bicyclic) bond motifs is 1. The van der Waals surface area contributed by atoms with Crippen LogP contribution in [0.1, 0.15) is 18.1 Å². The van der Waals surface area contributed by atoms with E-state index in [9.17, 15) is 0 Å². The molecule has 0 atom stereocenters. The monoisotopic (exact) mass is 367 g/mol. The summed E-state index contributed by atoms with van der Waals surface area (Å²) < 4.78 is 3.12. The van der Waals surface area contributed by atoms with E-state index in [2.05, 4.69) is 70.6 Å². The van der Waals surface area contributed by atoms with E-state index >= 15 is 0 Å². The van der Waals surface area contributed by atoms with E-state index in [0.29, 0.717) is 0 Å². The van der Waals surface area contributed by atoms with Crippen LogP contribution in [0.3, 0.4) is 0 Å². The van der Waals surface area contributed by atoms with Gasteiger partial charge in [0.2, 0.25) is 0 Å². The number of rotatable bonds is 3. The molecule has 23 heavy (non-hydrogen) atoms. The molecule has 0 unspecified atom stereocenters. The van der Waals surface area contributed by atoms with Crippen LogP contribution in [0.15, 0.2) is 53.0 Å². The maximum Gasteiger partial charge on any atom is 0.133 e. The van der Waals surface area contributed by atoms with E-state index in [1.165, 1.54) is 11.1 Å². The highest BCUT2D eigenvalue weighted by atomic mass is 79.9. The van der Waals surface area contributed by atoms with Gasteiger partial charge in [0.1, 0.15) is 5.82 Å². The summed E-state index contributed by atoms with van der Waals surface area (Å²) in [5.41, 5.74) is 5.99. The van der Waals surface area contributed by atoms with Gasteiger partial charge in [-0.2, -0.15) is 5.10 Å². The van der Waals surface area contributed by atoms with Crippen molar-refractivity contribution < 1.29 is 0 Å². The number of aromatic nitrogens is 2. The molecule has 0 saturated carbocycles. The van der Waals surface area contributed by atoms with Crippen molar-refractivity contribution in [1.82, 2.24) is 9.78 Å². The van der Waals surface area contributed by atoms with Crippen molar-refractivity contribution in [3.05, 3.63) is 64.1 Å². The van der Waals surface area contributed by atoms with Crippen LogP contribution >= 0.6 is 15.9 Å². The summed E-state index contributed by atoms with van der Waals surface area (Å²) in [6.07, 6.45) is 2.07. The average molecular weight is 368 g/mol. The third-order valence-electron chi connectivity index (χ3n) is 4.34. The first-order chi connectivity index (χ1) is 11.3. The molecular weight excluding hydrogens is 350 g/mol. The number of nitrogens with zero attached hydrogens (tertiary/aromatic N) is 2. The molecule has 0 bridgehead atoms. The summed E-state index contributed by atoms with van der Waals surface area (Å²) in [6, 6.07) is 17.0. The molecular formula is C19H18BrN3. The molecule has 1 N–H and O–H groups in total. The molecule has 1 aliphatic rings. The van der Waals surface area contributed by atoms with Crippen molar-refractivity contribution in [2.24, 2.45) is 0 Å². The first-order valence-corrected chi connectivity index (χ1v) is 8.76. The van der Waals surface area contributed by atoms with Crippen molar-refractivity contribution in [2.45, 2.75) is 19.8 Å². The zero-order valence-electron chi connectivity index (χ0n) is 13.0. The zero-order valence-corrected chi connectivity index (χ0v) is 14.6. The van der Waals surface area contributed by atoms with Gasteiger partial charge in [-0.3, -0.25) is 0 Å². The minimum Gasteiger partial charge on any atom is -0.369 e. The lowest BCUT2D eigenvalue weighted by molar-refractivity contribution is 0.881. The minimum atomic E-state index is 0.973. The molecule has 116 valence electrons. The smallest absolute Gasteiger partial charge is 0.133 e. The van der Waals surface area contributed by atoms with Gasteiger partial charge >= 0.3 is 0 Å². The SMILES string of the molecule is CCc1ccc(-n2nc(-c3cccc(Br)c3)c3c2NCC3)cc1. The molecule has 0 saturated heterocycles. The number of halogens is 1. The Hall–Kier alpha value is -2.07. The van der Waals surface area contributed by atoms with E-state index in [1.54, 1.807) is 0 Å². The Morgan fingerprint density at radius 3 is 2.74 bits per heavy atom. The van der Waals surface area contributed by atoms with Gasteiger partial charge < -0.3 is 5.32 Å². The highest BCUT2D eigenvalue weighted by Gasteiger charge is 2.23. The van der Waals surface area contributed by atoms with Crippen molar-refractivity contribution in [3.63, 3.8) is 0 Å². The van der Waals surface area contributed by atoms with Gasteiger partial charge in [-0.25, -0.2) is 4.68 Å². The third-order valence-corrected chi connectivity index (χ3v) is 4.83. The molecule has 3 nitrogen and oxygen atoms in total. The molecule has 1 aliphatic heterocycles. The summed E-state index contributed by atoms with van der Waals surface area (Å²) >= 11 is 3.56. The molecule has 0 aliphatic carbocycles. The van der Waals surface area contributed by atoms with Crippen molar-refractivity contribution in [3.8, 4) is 16.9 Å². The molecule has 0 radical (unpaired) electrons. The Bertz CT molecular complexity index is 850. The molecule has 2 heterocycles. The Morgan fingerprint density at radius 1 is 1.17 bits per heavy atom. The van der Waals surface area contributed by atoms with E-state index in [-0.39, 0.29) is 0 Å². The van der Waals surface area contributed by atoms with Gasteiger partial charge in [0.05, 0.1) is 11.4 Å². The number of aryl methyl sites for hydroxylation is 1. The maximum absolute atomic E-state index is 4.90. The van der Waals surface area contributed by atoms with Gasteiger partial charge in [0, 0.05) is 22.1 Å². The fourth-order valence-corrected chi connectivity index (χ4v) is 3.50. The van der Waals surface area contributed by atoms with Crippen molar-refractivity contribution >= 4 is 21.7 Å². The minimum absolute atomic E-state index is 0.973. The van der Waals surface area contributed by atoms with Crippen molar-refractivity contribution in [2.75, 3.05) is 11.9 Å². The second-order valence-corrected chi connectivity index (χ2v) is 6.71. The third kappa shape index (κ3) is 2.57. The number of hydrogen-bond acceptors (Lipinski definition) is 2. The molecule has 4 heteroatoms. The summed E-state index contributed by atoms with van der Waals surface area (Å²) in [6.45, 7) is 3.15. The first kappa shape index (κ1) is 14.5. The molecule has 0 fully saturated rings. The second kappa shape index (κ2) is 5.85. The highest BCUT2D eigenvalue weighted by molar-refractivity contribution is 9.10. The Kier molecular flexibility index (Phi) is 3.69. The Labute approximate surface area is 144 Å². The van der Waals surface area contributed by atoms with Crippen LogP contribution in [0, 0.1) is 0 Å². The second-order valence-electron chi connectivity index (χ2n) is 5.79.